The van der Waals surface area contributed by atoms with Crippen molar-refractivity contribution in [1.29, 1.82) is 0 Å². The van der Waals surface area contributed by atoms with Crippen LogP contribution in [-0.2, 0) is 15.8 Å². The number of benzene rings is 1. The third kappa shape index (κ3) is 4.22. The summed E-state index contributed by atoms with van der Waals surface area (Å²) in [6, 6.07) is 0.939. The van der Waals surface area contributed by atoms with Crippen LogP contribution < -0.4 is 5.32 Å². The molecule has 0 aliphatic carbocycles. The van der Waals surface area contributed by atoms with E-state index in [0.717, 1.165) is 13.0 Å². The van der Waals surface area contributed by atoms with Gasteiger partial charge in [0, 0.05) is 6.92 Å². The van der Waals surface area contributed by atoms with E-state index in [1.807, 2.05) is 0 Å². The molecular formula is C12H11F4NO3. The number of hydrogen-bond donors (Lipinski definition) is 2. The van der Waals surface area contributed by atoms with Gasteiger partial charge >= 0.3 is 12.1 Å². The fourth-order valence-corrected chi connectivity index (χ4v) is 1.65. The van der Waals surface area contributed by atoms with Crippen LogP contribution in [0.15, 0.2) is 18.2 Å². The van der Waals surface area contributed by atoms with Crippen molar-refractivity contribution in [2.45, 2.75) is 25.6 Å². The van der Waals surface area contributed by atoms with E-state index in [9.17, 15) is 27.2 Å². The Labute approximate surface area is 111 Å². The van der Waals surface area contributed by atoms with Crippen molar-refractivity contribution < 1.29 is 32.3 Å². The van der Waals surface area contributed by atoms with Crippen molar-refractivity contribution in [3.8, 4) is 0 Å². The molecule has 0 aromatic heterocycles. The van der Waals surface area contributed by atoms with Crippen LogP contribution in [0.5, 0.6) is 0 Å². The number of carbonyl (C=O) groups excluding carboxylic acids is 1. The molecule has 1 rings (SSSR count). The monoisotopic (exact) mass is 293 g/mol. The van der Waals surface area contributed by atoms with Gasteiger partial charge in [-0.1, -0.05) is 6.07 Å². The minimum atomic E-state index is -4.90. The lowest BCUT2D eigenvalue weighted by Gasteiger charge is -2.18. The van der Waals surface area contributed by atoms with Gasteiger partial charge in [0.15, 0.2) is 0 Å². The molecule has 0 fully saturated rings. The number of amides is 1. The number of carboxylic acids is 1. The van der Waals surface area contributed by atoms with E-state index >= 15 is 0 Å². The molecule has 110 valence electrons. The third-order valence-electron chi connectivity index (χ3n) is 2.45. The molecule has 0 spiro atoms. The zero-order valence-electron chi connectivity index (χ0n) is 10.3. The fourth-order valence-electron chi connectivity index (χ4n) is 1.65. The average Bonchev–Trinajstić information content (AvgIpc) is 2.25. The standard InChI is InChI=1S/C12H11F4NO3/c1-6(18)17-10(5-11(19)20)7-2-3-9(13)8(4-7)12(14,15)16/h2-4,10H,5H2,1H3,(H,17,18)(H,19,20)/t10-/m0/s1. The normalized spacial score (nSPS) is 12.8. The first-order valence-electron chi connectivity index (χ1n) is 5.46. The van der Waals surface area contributed by atoms with Crippen LogP contribution in [-0.4, -0.2) is 17.0 Å². The summed E-state index contributed by atoms with van der Waals surface area (Å²) in [6.45, 7) is 1.10. The van der Waals surface area contributed by atoms with Gasteiger partial charge in [-0.25, -0.2) is 4.39 Å². The first-order valence-corrected chi connectivity index (χ1v) is 5.46. The van der Waals surface area contributed by atoms with Gasteiger partial charge in [-0.3, -0.25) is 9.59 Å². The van der Waals surface area contributed by atoms with Crippen LogP contribution in [0, 0.1) is 5.82 Å². The van der Waals surface area contributed by atoms with E-state index in [-0.39, 0.29) is 5.56 Å². The summed E-state index contributed by atoms with van der Waals surface area (Å²) < 4.78 is 50.9. The van der Waals surface area contributed by atoms with Crippen molar-refractivity contribution >= 4 is 11.9 Å². The molecule has 0 bridgehead atoms. The Hall–Kier alpha value is -2.12. The first kappa shape index (κ1) is 15.9. The minimum absolute atomic E-state index is 0.128. The number of alkyl halides is 3. The zero-order valence-corrected chi connectivity index (χ0v) is 10.3. The van der Waals surface area contributed by atoms with Crippen LogP contribution in [0.25, 0.3) is 0 Å². The molecule has 1 amide bonds. The van der Waals surface area contributed by atoms with E-state index in [2.05, 4.69) is 5.32 Å². The van der Waals surface area contributed by atoms with Crippen molar-refractivity contribution in [2.24, 2.45) is 0 Å². The lowest BCUT2D eigenvalue weighted by atomic mass is 10.0. The van der Waals surface area contributed by atoms with Crippen molar-refractivity contribution in [2.75, 3.05) is 0 Å². The van der Waals surface area contributed by atoms with Gasteiger partial charge in [0.05, 0.1) is 18.0 Å². The van der Waals surface area contributed by atoms with E-state index < -0.39 is 41.9 Å². The Morgan fingerprint density at radius 2 is 1.95 bits per heavy atom. The van der Waals surface area contributed by atoms with Crippen molar-refractivity contribution in [3.63, 3.8) is 0 Å². The Morgan fingerprint density at radius 1 is 1.35 bits per heavy atom. The van der Waals surface area contributed by atoms with Crippen LogP contribution in [0.1, 0.15) is 30.5 Å². The van der Waals surface area contributed by atoms with E-state index in [4.69, 9.17) is 5.11 Å². The van der Waals surface area contributed by atoms with E-state index in [1.54, 1.807) is 0 Å². The van der Waals surface area contributed by atoms with Gasteiger partial charge in [-0.05, 0) is 17.7 Å². The highest BCUT2D eigenvalue weighted by Crippen LogP contribution is 2.33. The molecular weight excluding hydrogens is 282 g/mol. The summed E-state index contributed by atoms with van der Waals surface area (Å²) in [5.74, 6) is -3.37. The Bertz CT molecular complexity index is 512. The summed E-state index contributed by atoms with van der Waals surface area (Å²) >= 11 is 0. The summed E-state index contributed by atoms with van der Waals surface area (Å²) in [6.07, 6.45) is -5.51. The summed E-state index contributed by atoms with van der Waals surface area (Å²) in [4.78, 5) is 21.6. The molecule has 4 nitrogen and oxygen atoms in total. The molecule has 1 atom stereocenters. The quantitative estimate of drug-likeness (QED) is 0.838. The Balaban J connectivity index is 3.20. The first-order chi connectivity index (χ1) is 9.11. The molecule has 0 aliphatic heterocycles. The van der Waals surface area contributed by atoms with Gasteiger partial charge in [0.25, 0.3) is 0 Å². The number of hydrogen-bond acceptors (Lipinski definition) is 2. The summed E-state index contributed by atoms with van der Waals surface area (Å²) in [5.41, 5.74) is -1.63. The minimum Gasteiger partial charge on any atom is -0.481 e. The molecule has 1 aromatic carbocycles. The maximum absolute atomic E-state index is 13.1. The highest BCUT2D eigenvalue weighted by atomic mass is 19.4. The van der Waals surface area contributed by atoms with Crippen LogP contribution in [0.2, 0.25) is 0 Å². The second kappa shape index (κ2) is 5.89. The molecule has 20 heavy (non-hydrogen) atoms. The van der Waals surface area contributed by atoms with E-state index in [0.29, 0.717) is 12.1 Å². The SMILES string of the molecule is CC(=O)N[C@@H](CC(=O)O)c1ccc(F)c(C(F)(F)F)c1. The number of aliphatic carboxylic acids is 1. The second-order valence-electron chi connectivity index (χ2n) is 4.09. The van der Waals surface area contributed by atoms with Crippen LogP contribution in [0.3, 0.4) is 0 Å². The van der Waals surface area contributed by atoms with Crippen molar-refractivity contribution in [3.05, 3.63) is 35.1 Å². The smallest absolute Gasteiger partial charge is 0.419 e. The predicted molar refractivity (Wildman–Crippen MR) is 60.2 cm³/mol. The summed E-state index contributed by atoms with van der Waals surface area (Å²) in [5, 5.41) is 10.9. The van der Waals surface area contributed by atoms with Gasteiger partial charge < -0.3 is 10.4 Å². The maximum atomic E-state index is 13.1. The zero-order chi connectivity index (χ0) is 15.5. The molecule has 8 heteroatoms. The summed E-state index contributed by atoms with van der Waals surface area (Å²) in [7, 11) is 0. The van der Waals surface area contributed by atoms with E-state index in [1.165, 1.54) is 0 Å². The van der Waals surface area contributed by atoms with Gasteiger partial charge in [0.2, 0.25) is 5.91 Å². The predicted octanol–water partition coefficient (Wildman–Crippen LogP) is 2.50. The number of nitrogens with one attached hydrogen (secondary N) is 1. The molecule has 0 heterocycles. The lowest BCUT2D eigenvalue weighted by Crippen LogP contribution is -2.28. The third-order valence-corrected chi connectivity index (χ3v) is 2.45. The maximum Gasteiger partial charge on any atom is 0.419 e. The molecule has 2 N–H and O–H groups in total. The Morgan fingerprint density at radius 3 is 2.40 bits per heavy atom. The fraction of sp³-hybridized carbons (Fsp3) is 0.333. The molecule has 0 unspecified atom stereocenters. The number of carboxylic acid groups (broad SMARTS) is 1. The van der Waals surface area contributed by atoms with Crippen LogP contribution >= 0.6 is 0 Å². The van der Waals surface area contributed by atoms with Crippen molar-refractivity contribution in [1.82, 2.24) is 5.32 Å². The number of rotatable bonds is 4. The highest BCUT2D eigenvalue weighted by Gasteiger charge is 2.35. The molecule has 0 radical (unpaired) electrons. The molecule has 0 aliphatic rings. The molecule has 0 saturated heterocycles. The highest BCUT2D eigenvalue weighted by molar-refractivity contribution is 5.75. The average molecular weight is 293 g/mol. The second-order valence-corrected chi connectivity index (χ2v) is 4.09. The largest absolute Gasteiger partial charge is 0.481 e. The topological polar surface area (TPSA) is 66.4 Å². The van der Waals surface area contributed by atoms with Gasteiger partial charge in [-0.2, -0.15) is 13.2 Å². The van der Waals surface area contributed by atoms with Crippen LogP contribution in [0.4, 0.5) is 17.6 Å². The molecule has 1 aromatic rings. The Kier molecular flexibility index (Phi) is 4.69. The lowest BCUT2D eigenvalue weighted by molar-refractivity contribution is -0.140. The molecule has 0 saturated carbocycles. The number of halogens is 4. The number of carbonyl (C=O) groups is 2. The van der Waals surface area contributed by atoms with Gasteiger partial charge in [0.1, 0.15) is 5.82 Å². The van der Waals surface area contributed by atoms with Gasteiger partial charge in [-0.15, -0.1) is 0 Å².